The number of rotatable bonds is 8. The van der Waals surface area contributed by atoms with Crippen molar-refractivity contribution in [3.8, 4) is 0 Å². The molecule has 1 aromatic rings. The van der Waals surface area contributed by atoms with E-state index in [9.17, 15) is 14.0 Å². The lowest BCUT2D eigenvalue weighted by molar-refractivity contribution is -0.133. The maximum Gasteiger partial charge on any atom is 0.140 e. The molecule has 1 unspecified atom stereocenters. The highest BCUT2D eigenvalue weighted by Gasteiger charge is 2.50. The first-order valence-corrected chi connectivity index (χ1v) is 10.5. The fourth-order valence-electron chi connectivity index (χ4n) is 4.84. The van der Waals surface area contributed by atoms with Crippen LogP contribution in [0.25, 0.3) is 0 Å². The number of ketones is 2. The van der Waals surface area contributed by atoms with Crippen LogP contribution in [0, 0.1) is 36.4 Å². The van der Waals surface area contributed by atoms with Gasteiger partial charge in [0, 0.05) is 56.3 Å². The van der Waals surface area contributed by atoms with Crippen LogP contribution >= 0.6 is 0 Å². The topological polar surface area (TPSA) is 46.6 Å². The van der Waals surface area contributed by atoms with E-state index >= 15 is 0 Å². The Bertz CT molecular complexity index is 722. The molecule has 0 N–H and O–H groups in total. The second-order valence-electron chi connectivity index (χ2n) is 8.80. The number of likely N-dealkylation sites (tertiary alicyclic amines) is 1. The van der Waals surface area contributed by atoms with Gasteiger partial charge < -0.3 is 4.74 Å². The summed E-state index contributed by atoms with van der Waals surface area (Å²) < 4.78 is 19.6. The number of Topliss-reactive ketones (excluding diaryl/α,β-unsaturated/α-hetero) is 2. The highest BCUT2D eigenvalue weighted by atomic mass is 19.1. The Morgan fingerprint density at radius 2 is 1.64 bits per heavy atom. The molecule has 4 nitrogen and oxygen atoms in total. The van der Waals surface area contributed by atoms with E-state index in [0.717, 1.165) is 31.2 Å². The molecule has 2 saturated carbocycles. The molecule has 5 heteroatoms. The maximum absolute atomic E-state index is 14.4. The summed E-state index contributed by atoms with van der Waals surface area (Å²) >= 11 is 0. The minimum atomic E-state index is -0.255. The van der Waals surface area contributed by atoms with Gasteiger partial charge in [0.25, 0.3) is 0 Å². The third-order valence-electron chi connectivity index (χ3n) is 6.75. The molecule has 4 rings (SSSR count). The van der Waals surface area contributed by atoms with Crippen molar-refractivity contribution < 1.29 is 18.7 Å². The van der Waals surface area contributed by atoms with Gasteiger partial charge in [0.2, 0.25) is 0 Å². The van der Waals surface area contributed by atoms with Crippen LogP contribution < -0.4 is 0 Å². The van der Waals surface area contributed by atoms with Gasteiger partial charge in [-0.2, -0.15) is 0 Å². The molecule has 0 aromatic heterocycles. The Kier molecular flexibility index (Phi) is 5.66. The Labute approximate surface area is 166 Å². The van der Waals surface area contributed by atoms with E-state index in [1.54, 1.807) is 20.1 Å². The van der Waals surface area contributed by atoms with E-state index in [0.29, 0.717) is 31.8 Å². The summed E-state index contributed by atoms with van der Waals surface area (Å²) in [4.78, 5) is 28.7. The lowest BCUT2D eigenvalue weighted by Crippen LogP contribution is -2.51. The third kappa shape index (κ3) is 3.92. The van der Waals surface area contributed by atoms with Gasteiger partial charge in [-0.25, -0.2) is 4.39 Å². The first-order valence-electron chi connectivity index (χ1n) is 10.5. The zero-order valence-electron chi connectivity index (χ0n) is 16.8. The van der Waals surface area contributed by atoms with E-state index in [1.165, 1.54) is 6.07 Å². The van der Waals surface area contributed by atoms with Crippen LogP contribution in [0.4, 0.5) is 4.39 Å². The van der Waals surface area contributed by atoms with Gasteiger partial charge in [0.05, 0.1) is 6.61 Å². The SMILES string of the molecule is COCCN1C[C@H](C(=O)C2CC2)C(c2cccc(F)c2C)[C@H](C(=O)C2CC2)C1. The predicted octanol–water partition coefficient (Wildman–Crippen LogP) is 3.37. The number of hydrogen-bond acceptors (Lipinski definition) is 4. The van der Waals surface area contributed by atoms with Gasteiger partial charge >= 0.3 is 0 Å². The normalized spacial score (nSPS) is 28.3. The van der Waals surface area contributed by atoms with Crippen LogP contribution in [0.15, 0.2) is 18.2 Å². The van der Waals surface area contributed by atoms with Crippen molar-refractivity contribution in [1.82, 2.24) is 4.90 Å². The molecule has 3 fully saturated rings. The molecule has 0 amide bonds. The molecule has 0 radical (unpaired) electrons. The Balaban J connectivity index is 1.72. The molecule has 152 valence electrons. The number of hydrogen-bond donors (Lipinski definition) is 0. The zero-order valence-corrected chi connectivity index (χ0v) is 16.8. The van der Waals surface area contributed by atoms with Crippen molar-refractivity contribution in [2.45, 2.75) is 38.5 Å². The number of piperidine rings is 1. The average Bonchev–Trinajstić information content (AvgIpc) is 3.58. The Morgan fingerprint density at radius 1 is 1.07 bits per heavy atom. The summed E-state index contributed by atoms with van der Waals surface area (Å²) in [6.45, 7) is 4.34. The van der Waals surface area contributed by atoms with Crippen LogP contribution in [0.5, 0.6) is 0 Å². The largest absolute Gasteiger partial charge is 0.383 e. The zero-order chi connectivity index (χ0) is 19.8. The molecule has 1 aliphatic heterocycles. The average molecular weight is 387 g/mol. The van der Waals surface area contributed by atoms with Crippen molar-refractivity contribution in [3.05, 3.63) is 35.1 Å². The molecule has 2 aliphatic carbocycles. The summed E-state index contributed by atoms with van der Waals surface area (Å²) in [6.07, 6.45) is 3.79. The molecule has 1 heterocycles. The van der Waals surface area contributed by atoms with Gasteiger partial charge in [0.15, 0.2) is 0 Å². The fraction of sp³-hybridized carbons (Fsp3) is 0.652. The number of carbonyl (C=O) groups excluding carboxylic acids is 2. The lowest BCUT2D eigenvalue weighted by Gasteiger charge is -2.43. The fourth-order valence-corrected chi connectivity index (χ4v) is 4.84. The highest BCUT2D eigenvalue weighted by molar-refractivity contribution is 5.91. The standard InChI is InChI=1S/C23H30FNO3/c1-14-17(4-3-5-20(14)24)21-18(22(26)15-6-7-15)12-25(10-11-28-2)13-19(21)23(27)16-8-9-16/h3-5,15-16,18-19,21H,6-13H2,1-2H3/t18-,19+,21?. The quantitative estimate of drug-likeness (QED) is 0.686. The molecule has 1 aromatic carbocycles. The van der Waals surface area contributed by atoms with E-state index in [1.807, 2.05) is 6.07 Å². The van der Waals surface area contributed by atoms with E-state index in [4.69, 9.17) is 4.74 Å². The second kappa shape index (κ2) is 8.03. The smallest absolute Gasteiger partial charge is 0.140 e. The summed E-state index contributed by atoms with van der Waals surface area (Å²) in [5.74, 6) is -0.169. The van der Waals surface area contributed by atoms with Crippen molar-refractivity contribution in [3.63, 3.8) is 0 Å². The number of ether oxygens (including phenoxy) is 1. The van der Waals surface area contributed by atoms with Crippen molar-refractivity contribution in [2.24, 2.45) is 23.7 Å². The number of halogens is 1. The maximum atomic E-state index is 14.4. The van der Waals surface area contributed by atoms with Crippen LogP contribution in [0.1, 0.15) is 42.7 Å². The second-order valence-corrected chi connectivity index (χ2v) is 8.80. The van der Waals surface area contributed by atoms with E-state index in [2.05, 4.69) is 4.90 Å². The minimum Gasteiger partial charge on any atom is -0.383 e. The summed E-state index contributed by atoms with van der Waals surface area (Å²) in [6, 6.07) is 5.10. The molecule has 0 bridgehead atoms. The van der Waals surface area contributed by atoms with Crippen molar-refractivity contribution >= 4 is 11.6 Å². The predicted molar refractivity (Wildman–Crippen MR) is 105 cm³/mol. The van der Waals surface area contributed by atoms with Crippen molar-refractivity contribution in [1.29, 1.82) is 0 Å². The van der Waals surface area contributed by atoms with Gasteiger partial charge in [-0.15, -0.1) is 0 Å². The first-order chi connectivity index (χ1) is 13.5. The highest BCUT2D eigenvalue weighted by Crippen LogP contribution is 2.47. The molecular formula is C23H30FNO3. The Hall–Kier alpha value is -1.59. The third-order valence-corrected chi connectivity index (χ3v) is 6.75. The van der Waals surface area contributed by atoms with Gasteiger partial charge in [-0.3, -0.25) is 14.5 Å². The van der Waals surface area contributed by atoms with Gasteiger partial charge in [-0.05, 0) is 49.8 Å². The molecular weight excluding hydrogens is 357 g/mol. The van der Waals surface area contributed by atoms with Gasteiger partial charge in [-0.1, -0.05) is 12.1 Å². The molecule has 3 aliphatic rings. The van der Waals surface area contributed by atoms with Crippen LogP contribution in [0.3, 0.4) is 0 Å². The molecule has 3 atom stereocenters. The first kappa shape index (κ1) is 19.7. The molecule has 1 saturated heterocycles. The summed E-state index contributed by atoms with van der Waals surface area (Å²) in [5, 5.41) is 0. The number of carbonyl (C=O) groups is 2. The van der Waals surface area contributed by atoms with E-state index < -0.39 is 0 Å². The minimum absolute atomic E-state index is 0.125. The van der Waals surface area contributed by atoms with Crippen molar-refractivity contribution in [2.75, 3.05) is 33.4 Å². The van der Waals surface area contributed by atoms with Crippen LogP contribution in [0.2, 0.25) is 0 Å². The monoisotopic (exact) mass is 387 g/mol. The van der Waals surface area contributed by atoms with Gasteiger partial charge in [0.1, 0.15) is 17.4 Å². The summed E-state index contributed by atoms with van der Waals surface area (Å²) in [7, 11) is 1.67. The lowest BCUT2D eigenvalue weighted by atomic mass is 9.68. The van der Waals surface area contributed by atoms with Crippen LogP contribution in [-0.4, -0.2) is 49.8 Å². The van der Waals surface area contributed by atoms with Crippen LogP contribution in [-0.2, 0) is 14.3 Å². The number of methoxy groups -OCH3 is 1. The van der Waals surface area contributed by atoms with E-state index in [-0.39, 0.29) is 47.0 Å². The number of nitrogens with zero attached hydrogens (tertiary/aromatic N) is 1. The summed E-state index contributed by atoms with van der Waals surface area (Å²) in [5.41, 5.74) is 1.43. The molecule has 0 spiro atoms. The Morgan fingerprint density at radius 3 is 2.14 bits per heavy atom. The molecule has 28 heavy (non-hydrogen) atoms. The number of benzene rings is 1.